The van der Waals surface area contributed by atoms with Crippen LogP contribution in [0.1, 0.15) is 51.4 Å². The Balaban J connectivity index is 1.39. The fourth-order valence-electron chi connectivity index (χ4n) is 4.14. The summed E-state index contributed by atoms with van der Waals surface area (Å²) in [4.78, 5) is 27.3. The van der Waals surface area contributed by atoms with E-state index in [1.807, 2.05) is 66.4 Å². The second-order valence-corrected chi connectivity index (χ2v) is 8.09. The number of ether oxygens (including phenoxy) is 2. The molecule has 168 valence electrons. The van der Waals surface area contributed by atoms with Crippen LogP contribution in [0.4, 0.5) is 5.69 Å². The predicted molar refractivity (Wildman–Crippen MR) is 124 cm³/mol. The summed E-state index contributed by atoms with van der Waals surface area (Å²) < 4.78 is 10.9. The third-order valence-electron chi connectivity index (χ3n) is 5.83. The van der Waals surface area contributed by atoms with E-state index < -0.39 is 0 Å². The third kappa shape index (κ3) is 4.09. The standard InChI is InChI=1S/C26H25N3O4/c1-2-13-27-25(30)18-8-10-19(11-9-18)28-24-20-5-3-4-6-21(20)26(31)29(24)15-17-7-12-22-23(14-17)33-16-32-22/h3-12,14,24,28H,2,13,15-16H2,1H3,(H,27,30). The highest BCUT2D eigenvalue weighted by Gasteiger charge is 2.36. The van der Waals surface area contributed by atoms with Crippen molar-refractivity contribution in [3.63, 3.8) is 0 Å². The molecule has 0 aliphatic carbocycles. The highest BCUT2D eigenvalue weighted by Crippen LogP contribution is 2.37. The van der Waals surface area contributed by atoms with Gasteiger partial charge in [-0.2, -0.15) is 0 Å². The highest BCUT2D eigenvalue weighted by atomic mass is 16.7. The van der Waals surface area contributed by atoms with Gasteiger partial charge in [0, 0.05) is 35.5 Å². The number of fused-ring (bicyclic) bond motifs is 2. The van der Waals surface area contributed by atoms with Crippen molar-refractivity contribution in [3.05, 3.63) is 89.0 Å². The van der Waals surface area contributed by atoms with Gasteiger partial charge in [0.2, 0.25) is 6.79 Å². The quantitative estimate of drug-likeness (QED) is 0.569. The lowest BCUT2D eigenvalue weighted by molar-refractivity contribution is 0.0728. The number of hydrogen-bond donors (Lipinski definition) is 2. The topological polar surface area (TPSA) is 79.9 Å². The molecule has 33 heavy (non-hydrogen) atoms. The van der Waals surface area contributed by atoms with E-state index >= 15 is 0 Å². The second-order valence-electron chi connectivity index (χ2n) is 8.09. The van der Waals surface area contributed by atoms with Crippen LogP contribution in [0, 0.1) is 0 Å². The second kappa shape index (κ2) is 8.86. The molecule has 3 aromatic rings. The van der Waals surface area contributed by atoms with Crippen LogP contribution < -0.4 is 20.1 Å². The molecule has 3 aromatic carbocycles. The van der Waals surface area contributed by atoms with Crippen LogP contribution in [0.3, 0.4) is 0 Å². The molecule has 7 nitrogen and oxygen atoms in total. The van der Waals surface area contributed by atoms with E-state index in [-0.39, 0.29) is 24.8 Å². The van der Waals surface area contributed by atoms with E-state index in [0.717, 1.165) is 23.2 Å². The zero-order chi connectivity index (χ0) is 22.8. The van der Waals surface area contributed by atoms with Crippen molar-refractivity contribution in [2.24, 2.45) is 0 Å². The van der Waals surface area contributed by atoms with Crippen LogP contribution in [0.2, 0.25) is 0 Å². The van der Waals surface area contributed by atoms with Gasteiger partial charge in [-0.05, 0) is 54.4 Å². The van der Waals surface area contributed by atoms with Gasteiger partial charge >= 0.3 is 0 Å². The molecule has 2 aliphatic heterocycles. The third-order valence-corrected chi connectivity index (χ3v) is 5.83. The minimum Gasteiger partial charge on any atom is -0.454 e. The largest absolute Gasteiger partial charge is 0.454 e. The smallest absolute Gasteiger partial charge is 0.256 e. The number of carbonyl (C=O) groups is 2. The Kier molecular flexibility index (Phi) is 5.60. The average Bonchev–Trinajstić information content (AvgIpc) is 3.41. The van der Waals surface area contributed by atoms with Gasteiger partial charge in [0.1, 0.15) is 6.17 Å². The van der Waals surface area contributed by atoms with E-state index in [2.05, 4.69) is 10.6 Å². The van der Waals surface area contributed by atoms with E-state index in [0.29, 0.717) is 35.7 Å². The van der Waals surface area contributed by atoms with E-state index in [1.165, 1.54) is 0 Å². The van der Waals surface area contributed by atoms with Crippen molar-refractivity contribution in [1.82, 2.24) is 10.2 Å². The van der Waals surface area contributed by atoms with E-state index in [1.54, 1.807) is 12.1 Å². The lowest BCUT2D eigenvalue weighted by Crippen LogP contribution is -2.31. The molecular formula is C26H25N3O4. The van der Waals surface area contributed by atoms with Gasteiger partial charge in [-0.15, -0.1) is 0 Å². The molecule has 2 aliphatic rings. The fourth-order valence-corrected chi connectivity index (χ4v) is 4.14. The minimum absolute atomic E-state index is 0.0312. The number of benzene rings is 3. The molecule has 0 radical (unpaired) electrons. The van der Waals surface area contributed by atoms with Gasteiger partial charge in [-0.3, -0.25) is 9.59 Å². The van der Waals surface area contributed by atoms with Crippen molar-refractivity contribution in [3.8, 4) is 11.5 Å². The fraction of sp³-hybridized carbons (Fsp3) is 0.231. The normalized spacial score (nSPS) is 16.0. The lowest BCUT2D eigenvalue weighted by Gasteiger charge is -2.27. The summed E-state index contributed by atoms with van der Waals surface area (Å²) in [6.07, 6.45) is 0.554. The summed E-state index contributed by atoms with van der Waals surface area (Å²) in [6, 6.07) is 20.7. The Morgan fingerprint density at radius 3 is 2.64 bits per heavy atom. The highest BCUT2D eigenvalue weighted by molar-refractivity contribution is 5.99. The summed E-state index contributed by atoms with van der Waals surface area (Å²) >= 11 is 0. The summed E-state index contributed by atoms with van der Waals surface area (Å²) in [5.41, 5.74) is 4.00. The van der Waals surface area contributed by atoms with E-state index in [4.69, 9.17) is 9.47 Å². The van der Waals surface area contributed by atoms with Gasteiger partial charge in [-0.25, -0.2) is 0 Å². The molecule has 0 aromatic heterocycles. The van der Waals surface area contributed by atoms with Crippen LogP contribution >= 0.6 is 0 Å². The first kappa shape index (κ1) is 20.9. The minimum atomic E-state index is -0.334. The Hall–Kier alpha value is -4.00. The zero-order valence-corrected chi connectivity index (χ0v) is 18.3. The average molecular weight is 444 g/mol. The van der Waals surface area contributed by atoms with E-state index in [9.17, 15) is 9.59 Å². The summed E-state index contributed by atoms with van der Waals surface area (Å²) in [6.45, 7) is 3.29. The molecule has 0 bridgehead atoms. The van der Waals surface area contributed by atoms with Crippen LogP contribution in [0.25, 0.3) is 0 Å². The maximum Gasteiger partial charge on any atom is 0.256 e. The molecule has 0 fully saturated rings. The Morgan fingerprint density at radius 1 is 1.03 bits per heavy atom. The SMILES string of the molecule is CCCNC(=O)c1ccc(NC2c3ccccc3C(=O)N2Cc2ccc3c(c2)OCO3)cc1. The van der Waals surface area contributed by atoms with Gasteiger partial charge in [0.05, 0.1) is 0 Å². The van der Waals surface area contributed by atoms with Crippen LogP contribution in [0.15, 0.2) is 66.7 Å². The van der Waals surface area contributed by atoms with Crippen molar-refractivity contribution in [1.29, 1.82) is 0 Å². The number of carbonyl (C=O) groups excluding carboxylic acids is 2. The molecule has 0 spiro atoms. The Morgan fingerprint density at radius 2 is 1.82 bits per heavy atom. The van der Waals surface area contributed by atoms with Gasteiger partial charge in [-0.1, -0.05) is 31.2 Å². The molecule has 2 N–H and O–H groups in total. The summed E-state index contributed by atoms with van der Waals surface area (Å²) in [5, 5.41) is 6.36. The zero-order valence-electron chi connectivity index (χ0n) is 18.3. The van der Waals surface area contributed by atoms with Gasteiger partial charge in [0.15, 0.2) is 11.5 Å². The van der Waals surface area contributed by atoms with Crippen molar-refractivity contribution in [2.45, 2.75) is 26.1 Å². The van der Waals surface area contributed by atoms with Crippen molar-refractivity contribution in [2.75, 3.05) is 18.7 Å². The Labute approximate surface area is 192 Å². The maximum absolute atomic E-state index is 13.3. The molecule has 2 amide bonds. The van der Waals surface area contributed by atoms with Gasteiger partial charge in [0.25, 0.3) is 11.8 Å². The molecule has 7 heteroatoms. The number of hydrogen-bond acceptors (Lipinski definition) is 5. The van der Waals surface area contributed by atoms with Gasteiger partial charge < -0.3 is 25.0 Å². The molecule has 2 heterocycles. The van der Waals surface area contributed by atoms with Crippen LogP contribution in [0.5, 0.6) is 11.5 Å². The lowest BCUT2D eigenvalue weighted by atomic mass is 10.1. The molecular weight excluding hydrogens is 418 g/mol. The number of nitrogens with zero attached hydrogens (tertiary/aromatic N) is 1. The molecule has 1 atom stereocenters. The van der Waals surface area contributed by atoms with Crippen molar-refractivity contribution < 1.29 is 19.1 Å². The monoisotopic (exact) mass is 443 g/mol. The van der Waals surface area contributed by atoms with Crippen LogP contribution in [-0.2, 0) is 6.54 Å². The first-order chi connectivity index (χ1) is 16.1. The first-order valence-corrected chi connectivity index (χ1v) is 11.1. The number of anilines is 1. The van der Waals surface area contributed by atoms with Crippen molar-refractivity contribution >= 4 is 17.5 Å². The number of rotatable bonds is 7. The predicted octanol–water partition coefficient (Wildman–Crippen LogP) is 4.32. The molecule has 5 rings (SSSR count). The first-order valence-electron chi connectivity index (χ1n) is 11.1. The Bertz CT molecular complexity index is 1190. The summed E-state index contributed by atoms with van der Waals surface area (Å²) in [7, 11) is 0. The molecule has 1 unspecified atom stereocenters. The van der Waals surface area contributed by atoms with Crippen LogP contribution in [-0.4, -0.2) is 30.1 Å². The maximum atomic E-state index is 13.3. The molecule has 0 saturated heterocycles. The number of amides is 2. The molecule has 0 saturated carbocycles. The summed E-state index contributed by atoms with van der Waals surface area (Å²) in [5.74, 6) is 1.29. The number of nitrogens with one attached hydrogen (secondary N) is 2.